The predicted octanol–water partition coefficient (Wildman–Crippen LogP) is 13.4. The second-order valence-electron chi connectivity index (χ2n) is 13.6. The molecule has 0 N–H and O–H groups in total. The quantitative estimate of drug-likeness (QED) is 0.169. The Balaban J connectivity index is 1.03. The Hall–Kier alpha value is -6.93. The van der Waals surface area contributed by atoms with Gasteiger partial charge >= 0.3 is 0 Å². The fraction of sp³-hybridized carbons (Fsp3) is 0. The average Bonchev–Trinajstić information content (AvgIpc) is 3.85. The maximum atomic E-state index is 5.18. The minimum atomic E-state index is 0.652. The lowest BCUT2D eigenvalue weighted by molar-refractivity contribution is 1.08. The summed E-state index contributed by atoms with van der Waals surface area (Å²) in [7, 11) is 0. The number of benzene rings is 7. The first kappa shape index (κ1) is 32.5. The van der Waals surface area contributed by atoms with Gasteiger partial charge in [0, 0.05) is 58.1 Å². The van der Waals surface area contributed by atoms with Gasteiger partial charge in [-0.25, -0.2) is 24.9 Å². The van der Waals surface area contributed by atoms with Crippen LogP contribution in [0.25, 0.3) is 108 Å². The Kier molecular flexibility index (Phi) is 7.79. The van der Waals surface area contributed by atoms with Crippen molar-refractivity contribution in [1.29, 1.82) is 0 Å². The number of aromatic nitrogens is 5. The van der Waals surface area contributed by atoms with Crippen molar-refractivity contribution in [3.63, 3.8) is 0 Å². The largest absolute Gasteiger partial charge is 0.226 e. The van der Waals surface area contributed by atoms with Crippen molar-refractivity contribution >= 4 is 63.1 Å². The topological polar surface area (TPSA) is 64.5 Å². The molecule has 0 saturated heterocycles. The standard InChI is InChI=1S/C49H29N5S2/c1-4-13-32(14-5-1)46-50-43(45-44(51-46)36-19-10-11-21-39(36)56-45)31-25-23-30(24-26-31)35-27-28-40-38(29-35)42-37(20-12-22-41(42)55-40)49-53-47(33-15-6-2-7-16-33)52-48(54-49)34-17-8-3-9-18-34/h1-29H. The number of fused-ring (bicyclic) bond motifs is 6. The lowest BCUT2D eigenvalue weighted by Gasteiger charge is -2.10. The van der Waals surface area contributed by atoms with E-state index < -0.39 is 0 Å². The minimum Gasteiger partial charge on any atom is -0.226 e. The van der Waals surface area contributed by atoms with Crippen LogP contribution in [0.5, 0.6) is 0 Å². The van der Waals surface area contributed by atoms with Gasteiger partial charge in [-0.05, 0) is 35.4 Å². The zero-order valence-corrected chi connectivity index (χ0v) is 31.4. The van der Waals surface area contributed by atoms with Gasteiger partial charge in [0.2, 0.25) is 0 Å². The molecular weight excluding hydrogens is 723 g/mol. The van der Waals surface area contributed by atoms with E-state index in [1.807, 2.05) is 78.9 Å². The maximum Gasteiger partial charge on any atom is 0.164 e. The third-order valence-corrected chi connectivity index (χ3v) is 12.5. The fourth-order valence-electron chi connectivity index (χ4n) is 7.45. The molecule has 56 heavy (non-hydrogen) atoms. The molecule has 0 aliphatic heterocycles. The molecule has 0 atom stereocenters. The summed E-state index contributed by atoms with van der Waals surface area (Å²) in [5.74, 6) is 2.69. The van der Waals surface area contributed by atoms with Crippen molar-refractivity contribution in [3.8, 4) is 67.9 Å². The Labute approximate surface area is 330 Å². The fourth-order valence-corrected chi connectivity index (χ4v) is 9.71. The Morgan fingerprint density at radius 3 is 1.54 bits per heavy atom. The Morgan fingerprint density at radius 1 is 0.321 bits per heavy atom. The van der Waals surface area contributed by atoms with Gasteiger partial charge in [0.05, 0.1) is 15.9 Å². The molecule has 0 spiro atoms. The molecule has 7 heteroatoms. The summed E-state index contributed by atoms with van der Waals surface area (Å²) in [6, 6.07) is 61.0. The third kappa shape index (κ3) is 5.64. The van der Waals surface area contributed by atoms with Crippen LogP contribution >= 0.6 is 22.7 Å². The number of hydrogen-bond acceptors (Lipinski definition) is 7. The molecular formula is C49H29N5S2. The summed E-state index contributed by atoms with van der Waals surface area (Å²) < 4.78 is 4.72. The molecule has 0 aliphatic carbocycles. The van der Waals surface area contributed by atoms with Crippen LogP contribution in [0.1, 0.15) is 0 Å². The second-order valence-corrected chi connectivity index (χ2v) is 15.8. The summed E-state index contributed by atoms with van der Waals surface area (Å²) in [6.07, 6.45) is 0. The molecule has 4 heterocycles. The number of rotatable bonds is 6. The van der Waals surface area contributed by atoms with Gasteiger partial charge in [0.25, 0.3) is 0 Å². The highest BCUT2D eigenvalue weighted by Gasteiger charge is 2.19. The zero-order valence-electron chi connectivity index (χ0n) is 29.8. The highest BCUT2D eigenvalue weighted by Crippen LogP contribution is 2.43. The van der Waals surface area contributed by atoms with Crippen LogP contribution in [0.4, 0.5) is 0 Å². The van der Waals surface area contributed by atoms with E-state index in [4.69, 9.17) is 24.9 Å². The first-order valence-electron chi connectivity index (χ1n) is 18.4. The van der Waals surface area contributed by atoms with Crippen molar-refractivity contribution in [3.05, 3.63) is 176 Å². The molecule has 0 amide bonds. The van der Waals surface area contributed by atoms with E-state index in [1.54, 1.807) is 22.7 Å². The SMILES string of the molecule is c1ccc(-c2nc(-c3ccccc3)nc(-c3cccc4sc5ccc(-c6ccc(-c7nc(-c8ccccc8)nc8c7sc7ccccc78)cc6)cc5c34)n2)cc1. The van der Waals surface area contributed by atoms with E-state index >= 15 is 0 Å². The molecule has 0 fully saturated rings. The summed E-state index contributed by atoms with van der Waals surface area (Å²) in [5, 5.41) is 3.49. The van der Waals surface area contributed by atoms with Crippen molar-refractivity contribution in [2.45, 2.75) is 0 Å². The smallest absolute Gasteiger partial charge is 0.164 e. The molecule has 7 aromatic carbocycles. The van der Waals surface area contributed by atoms with E-state index in [1.165, 1.54) is 19.5 Å². The van der Waals surface area contributed by atoms with E-state index in [0.29, 0.717) is 17.5 Å². The summed E-state index contributed by atoms with van der Waals surface area (Å²) in [5.41, 5.74) is 9.18. The second kappa shape index (κ2) is 13.4. The predicted molar refractivity (Wildman–Crippen MR) is 234 cm³/mol. The molecule has 0 bridgehead atoms. The first-order valence-corrected chi connectivity index (χ1v) is 20.0. The molecule has 11 aromatic rings. The van der Waals surface area contributed by atoms with Gasteiger partial charge in [-0.2, -0.15) is 0 Å². The molecule has 11 rings (SSSR count). The molecule has 5 nitrogen and oxygen atoms in total. The average molecular weight is 752 g/mol. The Bertz CT molecular complexity index is 3170. The number of nitrogens with zero attached hydrogens (tertiary/aromatic N) is 5. The highest BCUT2D eigenvalue weighted by atomic mass is 32.1. The zero-order chi connectivity index (χ0) is 37.0. The molecule has 262 valence electrons. The van der Waals surface area contributed by atoms with E-state index in [9.17, 15) is 0 Å². The van der Waals surface area contributed by atoms with Crippen molar-refractivity contribution in [2.24, 2.45) is 0 Å². The highest BCUT2D eigenvalue weighted by molar-refractivity contribution is 7.26. The van der Waals surface area contributed by atoms with E-state index in [0.717, 1.165) is 71.5 Å². The molecule has 0 aliphatic rings. The van der Waals surface area contributed by atoms with E-state index in [2.05, 4.69) is 97.1 Å². The van der Waals surface area contributed by atoms with Crippen LogP contribution in [0, 0.1) is 0 Å². The summed E-state index contributed by atoms with van der Waals surface area (Å²) in [4.78, 5) is 25.4. The van der Waals surface area contributed by atoms with Crippen LogP contribution in [0.15, 0.2) is 176 Å². The van der Waals surface area contributed by atoms with Crippen LogP contribution in [-0.4, -0.2) is 24.9 Å². The first-order chi connectivity index (χ1) is 27.7. The van der Waals surface area contributed by atoms with Crippen LogP contribution in [0.2, 0.25) is 0 Å². The van der Waals surface area contributed by atoms with Crippen LogP contribution < -0.4 is 0 Å². The normalized spacial score (nSPS) is 11.6. The van der Waals surface area contributed by atoms with Crippen molar-refractivity contribution in [1.82, 2.24) is 24.9 Å². The molecule has 0 unspecified atom stereocenters. The molecule has 4 aromatic heterocycles. The van der Waals surface area contributed by atoms with Gasteiger partial charge < -0.3 is 0 Å². The lowest BCUT2D eigenvalue weighted by atomic mass is 9.99. The van der Waals surface area contributed by atoms with Gasteiger partial charge in [0.1, 0.15) is 0 Å². The summed E-state index contributed by atoms with van der Waals surface area (Å²) in [6.45, 7) is 0. The molecule has 0 radical (unpaired) electrons. The Morgan fingerprint density at radius 2 is 0.857 bits per heavy atom. The molecule has 0 saturated carbocycles. The van der Waals surface area contributed by atoms with Gasteiger partial charge in [-0.1, -0.05) is 152 Å². The van der Waals surface area contributed by atoms with E-state index in [-0.39, 0.29) is 0 Å². The van der Waals surface area contributed by atoms with Crippen LogP contribution in [-0.2, 0) is 0 Å². The van der Waals surface area contributed by atoms with Crippen molar-refractivity contribution < 1.29 is 0 Å². The monoisotopic (exact) mass is 751 g/mol. The minimum absolute atomic E-state index is 0.652. The third-order valence-electron chi connectivity index (χ3n) is 10.2. The van der Waals surface area contributed by atoms with Gasteiger partial charge in [-0.15, -0.1) is 22.7 Å². The lowest BCUT2D eigenvalue weighted by Crippen LogP contribution is -2.00. The van der Waals surface area contributed by atoms with Crippen LogP contribution in [0.3, 0.4) is 0 Å². The number of thiophene rings is 2. The summed E-state index contributed by atoms with van der Waals surface area (Å²) >= 11 is 3.54. The van der Waals surface area contributed by atoms with Crippen molar-refractivity contribution in [2.75, 3.05) is 0 Å². The number of hydrogen-bond donors (Lipinski definition) is 0. The maximum absolute atomic E-state index is 5.18. The van der Waals surface area contributed by atoms with Gasteiger partial charge in [0.15, 0.2) is 23.3 Å². The van der Waals surface area contributed by atoms with Gasteiger partial charge in [-0.3, -0.25) is 0 Å².